The summed E-state index contributed by atoms with van der Waals surface area (Å²) in [7, 11) is 0. The Balaban J connectivity index is 1.83. The van der Waals surface area contributed by atoms with Gasteiger partial charge >= 0.3 is 0 Å². The van der Waals surface area contributed by atoms with Crippen LogP contribution in [-0.2, 0) is 4.79 Å². The summed E-state index contributed by atoms with van der Waals surface area (Å²) in [5.41, 5.74) is 1.47. The van der Waals surface area contributed by atoms with Crippen molar-refractivity contribution in [3.63, 3.8) is 0 Å². The molecule has 142 valence electrons. The van der Waals surface area contributed by atoms with E-state index in [0.717, 1.165) is 0 Å². The number of aromatic nitrogens is 1. The standard InChI is InChI=1S/C21H25N3O3/c1-14(2)13-23-10-11-24(15(3)20(23)26)21(27)17-7-4-6-16(12-17)18-8-5-9-22-19(18)25/h4-9,12,14-15H,10-11,13H2,1-3H3,(H,22,25). The molecule has 1 atom stereocenters. The van der Waals surface area contributed by atoms with Crippen molar-refractivity contribution in [3.05, 3.63) is 58.5 Å². The third-order valence-corrected chi connectivity index (χ3v) is 4.83. The molecule has 3 rings (SSSR count). The molecule has 1 aliphatic rings. The molecule has 1 unspecified atom stereocenters. The topological polar surface area (TPSA) is 73.5 Å². The maximum Gasteiger partial charge on any atom is 0.255 e. The second-order valence-corrected chi connectivity index (χ2v) is 7.35. The Hall–Kier alpha value is -2.89. The van der Waals surface area contributed by atoms with Crippen molar-refractivity contribution >= 4 is 11.8 Å². The van der Waals surface area contributed by atoms with Gasteiger partial charge < -0.3 is 14.8 Å². The molecule has 0 aliphatic carbocycles. The van der Waals surface area contributed by atoms with Gasteiger partial charge in [-0.2, -0.15) is 0 Å². The Kier molecular flexibility index (Phi) is 5.44. The molecule has 1 aliphatic heterocycles. The first kappa shape index (κ1) is 18.9. The van der Waals surface area contributed by atoms with Crippen molar-refractivity contribution in [1.29, 1.82) is 0 Å². The minimum absolute atomic E-state index is 0.0149. The number of piperazine rings is 1. The molecule has 27 heavy (non-hydrogen) atoms. The largest absolute Gasteiger partial charge is 0.339 e. The number of carbonyl (C=O) groups is 2. The minimum Gasteiger partial charge on any atom is -0.339 e. The molecule has 1 aromatic heterocycles. The molecule has 2 aromatic rings. The van der Waals surface area contributed by atoms with Crippen molar-refractivity contribution in [2.45, 2.75) is 26.8 Å². The van der Waals surface area contributed by atoms with Crippen LogP contribution in [0.4, 0.5) is 0 Å². The molecular weight excluding hydrogens is 342 g/mol. The van der Waals surface area contributed by atoms with Gasteiger partial charge in [0.25, 0.3) is 11.5 Å². The fourth-order valence-corrected chi connectivity index (χ4v) is 3.46. The lowest BCUT2D eigenvalue weighted by Gasteiger charge is -2.39. The Bertz CT molecular complexity index is 903. The third kappa shape index (κ3) is 3.94. The van der Waals surface area contributed by atoms with E-state index in [2.05, 4.69) is 18.8 Å². The second-order valence-electron chi connectivity index (χ2n) is 7.35. The molecule has 2 amide bonds. The zero-order valence-corrected chi connectivity index (χ0v) is 15.9. The van der Waals surface area contributed by atoms with E-state index < -0.39 is 6.04 Å². The van der Waals surface area contributed by atoms with Crippen LogP contribution in [0.5, 0.6) is 0 Å². The summed E-state index contributed by atoms with van der Waals surface area (Å²) in [6, 6.07) is 9.98. The van der Waals surface area contributed by atoms with Gasteiger partial charge in [-0.25, -0.2) is 0 Å². The highest BCUT2D eigenvalue weighted by molar-refractivity contribution is 5.99. The lowest BCUT2D eigenvalue weighted by Crippen LogP contribution is -2.58. The smallest absolute Gasteiger partial charge is 0.255 e. The number of hydrogen-bond donors (Lipinski definition) is 1. The molecule has 0 radical (unpaired) electrons. The average Bonchev–Trinajstić information content (AvgIpc) is 2.65. The fraction of sp³-hybridized carbons (Fsp3) is 0.381. The summed E-state index contributed by atoms with van der Waals surface area (Å²) < 4.78 is 0. The maximum atomic E-state index is 13.0. The summed E-state index contributed by atoms with van der Waals surface area (Å²) in [5.74, 6) is 0.192. The van der Waals surface area contributed by atoms with Crippen LogP contribution in [0.3, 0.4) is 0 Å². The number of pyridine rings is 1. The van der Waals surface area contributed by atoms with E-state index in [-0.39, 0.29) is 17.4 Å². The van der Waals surface area contributed by atoms with Crippen LogP contribution in [0.25, 0.3) is 11.1 Å². The first-order valence-electron chi connectivity index (χ1n) is 9.26. The van der Waals surface area contributed by atoms with Gasteiger partial charge in [0, 0.05) is 37.0 Å². The van der Waals surface area contributed by atoms with Gasteiger partial charge in [-0.3, -0.25) is 14.4 Å². The molecule has 0 saturated carbocycles. The number of aromatic amines is 1. The first-order chi connectivity index (χ1) is 12.9. The SMILES string of the molecule is CC(C)CN1CCN(C(=O)c2cccc(-c3ccc[nH]c3=O)c2)C(C)C1=O. The normalized spacial score (nSPS) is 17.5. The van der Waals surface area contributed by atoms with E-state index >= 15 is 0 Å². The molecule has 1 N–H and O–H groups in total. The predicted octanol–water partition coefficient (Wildman–Crippen LogP) is 2.37. The number of amides is 2. The number of carbonyl (C=O) groups excluding carboxylic acids is 2. The number of nitrogens with one attached hydrogen (secondary N) is 1. The highest BCUT2D eigenvalue weighted by atomic mass is 16.2. The molecular formula is C21H25N3O3. The first-order valence-corrected chi connectivity index (χ1v) is 9.26. The van der Waals surface area contributed by atoms with Crippen LogP contribution in [0, 0.1) is 5.92 Å². The van der Waals surface area contributed by atoms with Gasteiger partial charge in [-0.1, -0.05) is 26.0 Å². The van der Waals surface area contributed by atoms with Gasteiger partial charge in [-0.05, 0) is 42.7 Å². The number of benzene rings is 1. The number of H-pyrrole nitrogens is 1. The van der Waals surface area contributed by atoms with Gasteiger partial charge in [0.1, 0.15) is 6.04 Å². The quantitative estimate of drug-likeness (QED) is 0.902. The molecule has 6 nitrogen and oxygen atoms in total. The van der Waals surface area contributed by atoms with Crippen molar-refractivity contribution in [2.24, 2.45) is 5.92 Å². The highest BCUT2D eigenvalue weighted by Crippen LogP contribution is 2.20. The van der Waals surface area contributed by atoms with E-state index in [9.17, 15) is 14.4 Å². The zero-order chi connectivity index (χ0) is 19.6. The van der Waals surface area contributed by atoms with Gasteiger partial charge in [0.2, 0.25) is 5.91 Å². The Labute approximate surface area is 158 Å². The van der Waals surface area contributed by atoms with E-state index in [1.54, 1.807) is 54.4 Å². The molecule has 1 saturated heterocycles. The van der Waals surface area contributed by atoms with Crippen LogP contribution in [0.1, 0.15) is 31.1 Å². The predicted molar refractivity (Wildman–Crippen MR) is 104 cm³/mol. The van der Waals surface area contributed by atoms with Crippen molar-refractivity contribution in [1.82, 2.24) is 14.8 Å². The molecule has 1 fully saturated rings. The summed E-state index contributed by atoms with van der Waals surface area (Å²) in [5, 5.41) is 0. The summed E-state index contributed by atoms with van der Waals surface area (Å²) in [6.07, 6.45) is 1.57. The van der Waals surface area contributed by atoms with E-state index in [4.69, 9.17) is 0 Å². The zero-order valence-electron chi connectivity index (χ0n) is 15.9. The van der Waals surface area contributed by atoms with E-state index in [1.165, 1.54) is 0 Å². The number of nitrogens with zero attached hydrogens (tertiary/aromatic N) is 2. The summed E-state index contributed by atoms with van der Waals surface area (Å²) in [4.78, 5) is 43.8. The van der Waals surface area contributed by atoms with Gasteiger partial charge in [0.15, 0.2) is 0 Å². The van der Waals surface area contributed by atoms with Crippen LogP contribution in [0.2, 0.25) is 0 Å². The van der Waals surface area contributed by atoms with Gasteiger partial charge in [0.05, 0.1) is 0 Å². The summed E-state index contributed by atoms with van der Waals surface area (Å²) >= 11 is 0. The Morgan fingerprint density at radius 2 is 1.96 bits per heavy atom. The third-order valence-electron chi connectivity index (χ3n) is 4.83. The molecule has 1 aromatic carbocycles. The lowest BCUT2D eigenvalue weighted by molar-refractivity contribution is -0.140. The lowest BCUT2D eigenvalue weighted by atomic mass is 10.0. The van der Waals surface area contributed by atoms with Crippen LogP contribution in [-0.4, -0.2) is 52.3 Å². The molecule has 0 bridgehead atoms. The maximum absolute atomic E-state index is 13.0. The number of hydrogen-bond acceptors (Lipinski definition) is 3. The molecule has 2 heterocycles. The summed E-state index contributed by atoms with van der Waals surface area (Å²) in [6.45, 7) is 7.69. The Morgan fingerprint density at radius 3 is 2.67 bits per heavy atom. The van der Waals surface area contributed by atoms with Crippen LogP contribution in [0.15, 0.2) is 47.4 Å². The number of rotatable bonds is 4. The van der Waals surface area contributed by atoms with Crippen LogP contribution >= 0.6 is 0 Å². The average molecular weight is 367 g/mol. The fourth-order valence-electron chi connectivity index (χ4n) is 3.46. The molecule has 0 spiro atoms. The van der Waals surface area contributed by atoms with Crippen molar-refractivity contribution < 1.29 is 9.59 Å². The van der Waals surface area contributed by atoms with E-state index in [1.807, 2.05) is 4.90 Å². The van der Waals surface area contributed by atoms with Crippen molar-refractivity contribution in [2.75, 3.05) is 19.6 Å². The highest BCUT2D eigenvalue weighted by Gasteiger charge is 2.34. The minimum atomic E-state index is -0.492. The van der Waals surface area contributed by atoms with Crippen LogP contribution < -0.4 is 5.56 Å². The Morgan fingerprint density at radius 1 is 1.19 bits per heavy atom. The van der Waals surface area contributed by atoms with Crippen molar-refractivity contribution in [3.8, 4) is 11.1 Å². The van der Waals surface area contributed by atoms with E-state index in [0.29, 0.717) is 42.2 Å². The monoisotopic (exact) mass is 367 g/mol. The van der Waals surface area contributed by atoms with Gasteiger partial charge in [-0.15, -0.1) is 0 Å². The molecule has 6 heteroatoms. The second kappa shape index (κ2) is 7.78.